The summed E-state index contributed by atoms with van der Waals surface area (Å²) in [5.41, 5.74) is 1.58. The number of aliphatic hydroxyl groups is 1. The van der Waals surface area contributed by atoms with Crippen molar-refractivity contribution in [3.8, 4) is 0 Å². The van der Waals surface area contributed by atoms with Crippen LogP contribution in [0.15, 0.2) is 42.7 Å². The van der Waals surface area contributed by atoms with Gasteiger partial charge in [0, 0.05) is 18.4 Å². The van der Waals surface area contributed by atoms with Gasteiger partial charge in [-0.05, 0) is 55.9 Å². The Kier molecular flexibility index (Phi) is 3.65. The van der Waals surface area contributed by atoms with Gasteiger partial charge in [0.1, 0.15) is 5.69 Å². The molecule has 1 atom stereocenters. The number of nitrogens with zero attached hydrogens (tertiary/aromatic N) is 2. The number of rotatable bonds is 5. The van der Waals surface area contributed by atoms with Crippen LogP contribution < -0.4 is 5.32 Å². The fourth-order valence-electron chi connectivity index (χ4n) is 3.37. The Balaban J connectivity index is 1.55. The predicted octanol–water partition coefficient (Wildman–Crippen LogP) is 2.46. The van der Waals surface area contributed by atoms with Gasteiger partial charge < -0.3 is 15.0 Å². The average Bonchev–Trinajstić information content (AvgIpc) is 3.27. The summed E-state index contributed by atoms with van der Waals surface area (Å²) < 4.78 is 2.07. The second kappa shape index (κ2) is 5.81. The zero-order valence-corrected chi connectivity index (χ0v) is 12.9. The smallest absolute Gasteiger partial charge is 0.268 e. The van der Waals surface area contributed by atoms with Crippen LogP contribution in [0.1, 0.15) is 53.9 Å². The first-order chi connectivity index (χ1) is 11.2. The topological polar surface area (TPSA) is 67.2 Å². The summed E-state index contributed by atoms with van der Waals surface area (Å²) in [5.74, 6) is 0.187. The van der Waals surface area contributed by atoms with Gasteiger partial charge in [-0.2, -0.15) is 0 Å². The van der Waals surface area contributed by atoms with Gasteiger partial charge in [-0.15, -0.1) is 0 Å². The fraction of sp³-hybridized carbons (Fsp3) is 0.444. The molecule has 5 heteroatoms. The van der Waals surface area contributed by atoms with E-state index in [9.17, 15) is 9.90 Å². The monoisotopic (exact) mass is 311 g/mol. The van der Waals surface area contributed by atoms with Gasteiger partial charge in [0.15, 0.2) is 0 Å². The van der Waals surface area contributed by atoms with Crippen molar-refractivity contribution in [2.24, 2.45) is 5.92 Å². The maximum absolute atomic E-state index is 12.7. The summed E-state index contributed by atoms with van der Waals surface area (Å²) >= 11 is 0. The molecule has 120 valence electrons. The third kappa shape index (κ3) is 2.88. The SMILES string of the molecule is O=C(N[C@H](c1ccccn1)C1CC(O)C1)c1cccn1C1CC1. The lowest BCUT2D eigenvalue weighted by atomic mass is 9.76. The van der Waals surface area contributed by atoms with Crippen LogP contribution >= 0.6 is 0 Å². The third-order valence-electron chi connectivity index (χ3n) is 4.87. The first-order valence-electron chi connectivity index (χ1n) is 8.29. The molecule has 0 aliphatic heterocycles. The summed E-state index contributed by atoms with van der Waals surface area (Å²) in [5, 5.41) is 12.8. The van der Waals surface area contributed by atoms with Crippen molar-refractivity contribution in [1.82, 2.24) is 14.9 Å². The van der Waals surface area contributed by atoms with Crippen molar-refractivity contribution < 1.29 is 9.90 Å². The Hall–Kier alpha value is -2.14. The summed E-state index contributed by atoms with van der Waals surface area (Å²) in [7, 11) is 0. The number of carbonyl (C=O) groups is 1. The Morgan fingerprint density at radius 1 is 1.26 bits per heavy atom. The van der Waals surface area contributed by atoms with Crippen molar-refractivity contribution in [2.45, 2.75) is 43.9 Å². The number of amides is 1. The molecule has 4 rings (SSSR count). The molecule has 2 saturated carbocycles. The van der Waals surface area contributed by atoms with Crippen LogP contribution in [0.5, 0.6) is 0 Å². The van der Waals surface area contributed by atoms with Crippen LogP contribution in [0.25, 0.3) is 0 Å². The third-order valence-corrected chi connectivity index (χ3v) is 4.87. The van der Waals surface area contributed by atoms with E-state index in [4.69, 9.17) is 0 Å². The van der Waals surface area contributed by atoms with Crippen LogP contribution in [0, 0.1) is 5.92 Å². The lowest BCUT2D eigenvalue weighted by Gasteiger charge is -2.37. The molecule has 2 fully saturated rings. The molecule has 2 aliphatic carbocycles. The van der Waals surface area contributed by atoms with E-state index in [0.29, 0.717) is 24.6 Å². The second-order valence-electron chi connectivity index (χ2n) is 6.62. The average molecular weight is 311 g/mol. The molecule has 0 radical (unpaired) electrons. The molecule has 5 nitrogen and oxygen atoms in total. The van der Waals surface area contributed by atoms with Gasteiger partial charge in [-0.25, -0.2) is 0 Å². The maximum Gasteiger partial charge on any atom is 0.268 e. The van der Waals surface area contributed by atoms with Crippen LogP contribution in [0.2, 0.25) is 0 Å². The molecule has 0 bridgehead atoms. The predicted molar refractivity (Wildman–Crippen MR) is 85.9 cm³/mol. The summed E-state index contributed by atoms with van der Waals surface area (Å²) in [6.45, 7) is 0. The Morgan fingerprint density at radius 3 is 2.74 bits per heavy atom. The fourth-order valence-corrected chi connectivity index (χ4v) is 3.37. The zero-order valence-electron chi connectivity index (χ0n) is 12.9. The van der Waals surface area contributed by atoms with E-state index < -0.39 is 0 Å². The first kappa shape index (κ1) is 14.5. The van der Waals surface area contributed by atoms with Crippen molar-refractivity contribution in [1.29, 1.82) is 0 Å². The van der Waals surface area contributed by atoms with Crippen LogP contribution in [-0.4, -0.2) is 26.7 Å². The quantitative estimate of drug-likeness (QED) is 0.891. The molecule has 2 aromatic rings. The second-order valence-corrected chi connectivity index (χ2v) is 6.62. The van der Waals surface area contributed by atoms with Gasteiger partial charge >= 0.3 is 0 Å². The zero-order chi connectivity index (χ0) is 15.8. The highest BCUT2D eigenvalue weighted by molar-refractivity contribution is 5.93. The normalized spacial score (nSPS) is 24.7. The van der Waals surface area contributed by atoms with E-state index in [-0.39, 0.29) is 24.0 Å². The summed E-state index contributed by atoms with van der Waals surface area (Å²) in [4.78, 5) is 17.2. The van der Waals surface area contributed by atoms with Crippen LogP contribution in [0.4, 0.5) is 0 Å². The summed E-state index contributed by atoms with van der Waals surface area (Å²) in [6, 6.07) is 9.88. The molecule has 0 spiro atoms. The minimum atomic E-state index is -0.251. The van der Waals surface area contributed by atoms with E-state index in [1.807, 2.05) is 36.5 Å². The minimum Gasteiger partial charge on any atom is -0.393 e. The van der Waals surface area contributed by atoms with Gasteiger partial charge in [0.2, 0.25) is 0 Å². The molecule has 2 heterocycles. The molecule has 2 aromatic heterocycles. The Labute approximate surface area is 135 Å². The van der Waals surface area contributed by atoms with Crippen LogP contribution in [0.3, 0.4) is 0 Å². The van der Waals surface area contributed by atoms with E-state index in [1.54, 1.807) is 6.20 Å². The molecule has 1 amide bonds. The maximum atomic E-state index is 12.7. The van der Waals surface area contributed by atoms with Gasteiger partial charge in [0.05, 0.1) is 17.8 Å². The number of nitrogens with one attached hydrogen (secondary N) is 1. The number of pyridine rings is 1. The van der Waals surface area contributed by atoms with Gasteiger partial charge in [0.25, 0.3) is 5.91 Å². The molecule has 0 unspecified atom stereocenters. The van der Waals surface area contributed by atoms with E-state index in [2.05, 4.69) is 14.9 Å². The highest BCUT2D eigenvalue weighted by Gasteiger charge is 2.37. The number of aliphatic hydroxyl groups excluding tert-OH is 1. The molecule has 2 N–H and O–H groups in total. The Bertz CT molecular complexity index is 687. The van der Waals surface area contributed by atoms with E-state index in [1.165, 1.54) is 0 Å². The van der Waals surface area contributed by atoms with Gasteiger partial charge in [-0.1, -0.05) is 6.07 Å². The largest absolute Gasteiger partial charge is 0.393 e. The number of carbonyl (C=O) groups excluding carboxylic acids is 1. The molecular formula is C18H21N3O2. The summed E-state index contributed by atoms with van der Waals surface area (Å²) in [6.07, 6.45) is 7.20. The number of hydrogen-bond acceptors (Lipinski definition) is 3. The highest BCUT2D eigenvalue weighted by Crippen LogP contribution is 2.38. The first-order valence-corrected chi connectivity index (χ1v) is 8.29. The highest BCUT2D eigenvalue weighted by atomic mass is 16.3. The molecule has 0 saturated heterocycles. The molecule has 2 aliphatic rings. The number of aromatic nitrogens is 2. The lowest BCUT2D eigenvalue weighted by molar-refractivity contribution is 0.0227. The Morgan fingerprint density at radius 2 is 2.09 bits per heavy atom. The van der Waals surface area contributed by atoms with Crippen molar-refractivity contribution in [2.75, 3.05) is 0 Å². The van der Waals surface area contributed by atoms with Crippen molar-refractivity contribution >= 4 is 5.91 Å². The molecular weight excluding hydrogens is 290 g/mol. The van der Waals surface area contributed by atoms with Crippen molar-refractivity contribution in [3.63, 3.8) is 0 Å². The van der Waals surface area contributed by atoms with Crippen molar-refractivity contribution in [3.05, 3.63) is 54.1 Å². The molecule has 0 aromatic carbocycles. The number of hydrogen-bond donors (Lipinski definition) is 2. The molecule has 23 heavy (non-hydrogen) atoms. The van der Waals surface area contributed by atoms with Crippen LogP contribution in [-0.2, 0) is 0 Å². The standard InChI is InChI=1S/C18H21N3O2/c22-14-10-12(11-14)17(15-4-1-2-8-19-15)20-18(23)16-5-3-9-21(16)13-6-7-13/h1-5,8-9,12-14,17,22H,6-7,10-11H2,(H,20,23)/t12?,14?,17-/m0/s1. The van der Waals surface area contributed by atoms with E-state index in [0.717, 1.165) is 18.5 Å². The lowest BCUT2D eigenvalue weighted by Crippen LogP contribution is -2.42. The van der Waals surface area contributed by atoms with Gasteiger partial charge in [-0.3, -0.25) is 9.78 Å². The van der Waals surface area contributed by atoms with E-state index >= 15 is 0 Å². The minimum absolute atomic E-state index is 0.0565.